The Hall–Kier alpha value is -0.440. The molecule has 1 N–H and O–H groups in total. The van der Waals surface area contributed by atoms with Gasteiger partial charge in [0.2, 0.25) is 0 Å². The second-order valence-electron chi connectivity index (χ2n) is 4.75. The minimum atomic E-state index is 0.223. The van der Waals surface area contributed by atoms with E-state index >= 15 is 0 Å². The zero-order valence-electron chi connectivity index (χ0n) is 10.6. The van der Waals surface area contributed by atoms with Crippen LogP contribution in [-0.4, -0.2) is 19.2 Å². The maximum atomic E-state index is 6.17. The maximum Gasteiger partial charge on any atom is 0.139 e. The maximum absolute atomic E-state index is 6.17. The lowest BCUT2D eigenvalue weighted by Gasteiger charge is -2.24. The molecule has 1 aliphatic heterocycles. The predicted octanol–water partition coefficient (Wildman–Crippen LogP) is 4.15. The highest BCUT2D eigenvalue weighted by atomic mass is 35.5. The molecule has 0 aliphatic carbocycles. The van der Waals surface area contributed by atoms with E-state index in [1.165, 1.54) is 6.42 Å². The molecule has 1 fully saturated rings. The van der Waals surface area contributed by atoms with Gasteiger partial charge in [-0.15, -0.1) is 0 Å². The third-order valence-corrected chi connectivity index (χ3v) is 4.19. The zero-order valence-corrected chi connectivity index (χ0v) is 12.1. The van der Waals surface area contributed by atoms with Gasteiger partial charge in [-0.05, 0) is 31.5 Å². The number of hydrogen-bond acceptors (Lipinski definition) is 2. The molecule has 18 heavy (non-hydrogen) atoms. The quantitative estimate of drug-likeness (QED) is 0.878. The fraction of sp³-hybridized carbons (Fsp3) is 0.571. The summed E-state index contributed by atoms with van der Waals surface area (Å²) in [5, 5.41) is 4.45. The van der Waals surface area contributed by atoms with Gasteiger partial charge in [-0.2, -0.15) is 0 Å². The molecule has 2 nitrogen and oxygen atoms in total. The van der Waals surface area contributed by atoms with Crippen LogP contribution >= 0.6 is 23.2 Å². The summed E-state index contributed by atoms with van der Waals surface area (Å²) in [6.45, 7) is 4.29. The van der Waals surface area contributed by atoms with Gasteiger partial charge in [-0.1, -0.05) is 42.6 Å². The predicted molar refractivity (Wildman–Crippen MR) is 76.8 cm³/mol. The summed E-state index contributed by atoms with van der Waals surface area (Å²) in [4.78, 5) is 0. The summed E-state index contributed by atoms with van der Waals surface area (Å²) >= 11 is 12.2. The van der Waals surface area contributed by atoms with Gasteiger partial charge in [0.25, 0.3) is 0 Å². The van der Waals surface area contributed by atoms with Crippen molar-refractivity contribution in [2.24, 2.45) is 5.92 Å². The topological polar surface area (TPSA) is 21.3 Å². The highest BCUT2D eigenvalue weighted by molar-refractivity contribution is 6.42. The molecule has 0 aromatic heterocycles. The molecule has 2 rings (SSSR count). The van der Waals surface area contributed by atoms with Crippen LogP contribution in [0.4, 0.5) is 0 Å². The van der Waals surface area contributed by atoms with Gasteiger partial charge in [-0.25, -0.2) is 0 Å². The molecular formula is C14H19Cl2NO. The Bertz CT molecular complexity index is 391. The molecule has 0 amide bonds. The number of nitrogens with one attached hydrogen (secondary N) is 1. The Morgan fingerprint density at radius 2 is 2.28 bits per heavy atom. The molecule has 1 aromatic carbocycles. The lowest BCUT2D eigenvalue weighted by atomic mass is 9.97. The van der Waals surface area contributed by atoms with Gasteiger partial charge in [0, 0.05) is 12.5 Å². The van der Waals surface area contributed by atoms with Gasteiger partial charge in [-0.3, -0.25) is 0 Å². The average molecular weight is 288 g/mol. The summed E-state index contributed by atoms with van der Waals surface area (Å²) in [5.41, 5.74) is 0. The van der Waals surface area contributed by atoms with Gasteiger partial charge in [0.15, 0.2) is 0 Å². The van der Waals surface area contributed by atoms with Crippen molar-refractivity contribution in [3.05, 3.63) is 28.2 Å². The third-order valence-electron chi connectivity index (χ3n) is 3.39. The molecule has 0 spiro atoms. The van der Waals surface area contributed by atoms with E-state index in [0.29, 0.717) is 21.7 Å². The number of ether oxygens (including phenoxy) is 1. The van der Waals surface area contributed by atoms with E-state index in [0.717, 1.165) is 25.9 Å². The highest BCUT2D eigenvalue weighted by Gasteiger charge is 2.26. The van der Waals surface area contributed by atoms with E-state index in [4.69, 9.17) is 27.9 Å². The molecule has 1 heterocycles. The molecule has 2 atom stereocenters. The van der Waals surface area contributed by atoms with Crippen molar-refractivity contribution in [3.8, 4) is 5.75 Å². The van der Waals surface area contributed by atoms with Crippen LogP contribution in [0.25, 0.3) is 0 Å². The fourth-order valence-corrected chi connectivity index (χ4v) is 2.74. The van der Waals surface area contributed by atoms with Crippen molar-refractivity contribution in [2.75, 3.05) is 13.1 Å². The third kappa shape index (κ3) is 3.31. The summed E-state index contributed by atoms with van der Waals surface area (Å²) in [5.74, 6) is 1.27. The molecular weight excluding hydrogens is 269 g/mol. The molecule has 100 valence electrons. The largest absolute Gasteiger partial charge is 0.488 e. The molecule has 0 radical (unpaired) electrons. The first-order chi connectivity index (χ1) is 8.72. The number of hydrogen-bond donors (Lipinski definition) is 1. The molecule has 1 saturated heterocycles. The van der Waals surface area contributed by atoms with Crippen LogP contribution in [0.1, 0.15) is 26.2 Å². The van der Waals surface area contributed by atoms with Crippen LogP contribution in [0.3, 0.4) is 0 Å². The van der Waals surface area contributed by atoms with Crippen LogP contribution in [0.15, 0.2) is 18.2 Å². The van der Waals surface area contributed by atoms with Crippen molar-refractivity contribution in [3.63, 3.8) is 0 Å². The Labute approximate surface area is 119 Å². The minimum absolute atomic E-state index is 0.223. The van der Waals surface area contributed by atoms with E-state index in [9.17, 15) is 0 Å². The summed E-state index contributed by atoms with van der Waals surface area (Å²) < 4.78 is 6.09. The standard InChI is InChI=1S/C14H19Cl2NO/c1-2-4-12(10-7-8-17-9-10)18-13-6-3-5-11(15)14(13)16/h3,5-6,10,12,17H,2,4,7-9H2,1H3/t10-,12+/m1/s1. The lowest BCUT2D eigenvalue weighted by molar-refractivity contribution is 0.132. The van der Waals surface area contributed by atoms with E-state index in [-0.39, 0.29) is 6.10 Å². The molecule has 4 heteroatoms. The first-order valence-electron chi connectivity index (χ1n) is 6.53. The molecule has 0 saturated carbocycles. The summed E-state index contributed by atoms with van der Waals surface area (Å²) in [6, 6.07) is 5.54. The molecule has 1 aromatic rings. The lowest BCUT2D eigenvalue weighted by Crippen LogP contribution is -2.28. The Morgan fingerprint density at radius 3 is 2.94 bits per heavy atom. The van der Waals surface area contributed by atoms with Gasteiger partial charge in [0.05, 0.1) is 5.02 Å². The normalized spacial score (nSPS) is 20.9. The van der Waals surface area contributed by atoms with Crippen LogP contribution < -0.4 is 10.1 Å². The van der Waals surface area contributed by atoms with E-state index < -0.39 is 0 Å². The summed E-state index contributed by atoms with van der Waals surface area (Å²) in [7, 11) is 0. The zero-order chi connectivity index (χ0) is 13.0. The smallest absolute Gasteiger partial charge is 0.139 e. The monoisotopic (exact) mass is 287 g/mol. The van der Waals surface area contributed by atoms with Gasteiger partial charge >= 0.3 is 0 Å². The SMILES string of the molecule is CCC[C@H](Oc1cccc(Cl)c1Cl)[C@@H]1CCNC1. The van der Waals surface area contributed by atoms with Gasteiger partial charge in [0.1, 0.15) is 16.9 Å². The second-order valence-corrected chi connectivity index (χ2v) is 5.53. The highest BCUT2D eigenvalue weighted by Crippen LogP contribution is 2.34. The van der Waals surface area contributed by atoms with Crippen molar-refractivity contribution in [1.29, 1.82) is 0 Å². The van der Waals surface area contributed by atoms with E-state index in [1.54, 1.807) is 6.07 Å². The Morgan fingerprint density at radius 1 is 1.44 bits per heavy atom. The minimum Gasteiger partial charge on any atom is -0.488 e. The van der Waals surface area contributed by atoms with Crippen LogP contribution in [0.5, 0.6) is 5.75 Å². The average Bonchev–Trinajstić information content (AvgIpc) is 2.88. The van der Waals surface area contributed by atoms with Crippen LogP contribution in [0, 0.1) is 5.92 Å². The van der Waals surface area contributed by atoms with Gasteiger partial charge < -0.3 is 10.1 Å². The number of benzene rings is 1. The van der Waals surface area contributed by atoms with Crippen molar-refractivity contribution >= 4 is 23.2 Å². The van der Waals surface area contributed by atoms with Crippen LogP contribution in [0.2, 0.25) is 10.0 Å². The Kier molecular flexibility index (Phi) is 5.16. The van der Waals surface area contributed by atoms with Crippen molar-refractivity contribution in [1.82, 2.24) is 5.32 Å². The first kappa shape index (κ1) is 14.0. The molecule has 1 aliphatic rings. The Balaban J connectivity index is 2.10. The summed E-state index contributed by atoms with van der Waals surface area (Å²) in [6.07, 6.45) is 3.55. The van der Waals surface area contributed by atoms with Crippen molar-refractivity contribution in [2.45, 2.75) is 32.3 Å². The van der Waals surface area contributed by atoms with Crippen molar-refractivity contribution < 1.29 is 4.74 Å². The first-order valence-corrected chi connectivity index (χ1v) is 7.29. The molecule has 0 bridgehead atoms. The van der Waals surface area contributed by atoms with E-state index in [1.807, 2.05) is 12.1 Å². The molecule has 0 unspecified atom stereocenters. The van der Waals surface area contributed by atoms with E-state index in [2.05, 4.69) is 12.2 Å². The fourth-order valence-electron chi connectivity index (χ4n) is 2.41. The second kappa shape index (κ2) is 6.65. The number of halogens is 2. The number of rotatable bonds is 5. The van der Waals surface area contributed by atoms with Crippen LogP contribution in [-0.2, 0) is 0 Å².